The van der Waals surface area contributed by atoms with E-state index in [0.29, 0.717) is 13.2 Å². The monoisotopic (exact) mass is 273 g/mol. The van der Waals surface area contributed by atoms with Crippen molar-refractivity contribution in [3.8, 4) is 0 Å². The lowest BCUT2D eigenvalue weighted by Gasteiger charge is -2.23. The molecule has 1 rings (SSSR count). The number of carboxylic acids is 1. The summed E-state index contributed by atoms with van der Waals surface area (Å²) < 4.78 is 10.2. The molecule has 1 amide bonds. The molecule has 1 aliphatic carbocycles. The van der Waals surface area contributed by atoms with Gasteiger partial charge in [0, 0.05) is 33.0 Å². The van der Waals surface area contributed by atoms with Gasteiger partial charge >= 0.3 is 5.97 Å². The van der Waals surface area contributed by atoms with E-state index < -0.39 is 17.3 Å². The molecule has 19 heavy (non-hydrogen) atoms. The number of methoxy groups -OCH3 is 1. The minimum Gasteiger partial charge on any atom is -0.480 e. The maximum absolute atomic E-state index is 12.0. The molecule has 0 aromatic carbocycles. The highest BCUT2D eigenvalue weighted by atomic mass is 16.5. The van der Waals surface area contributed by atoms with E-state index in [0.717, 1.165) is 19.3 Å². The van der Waals surface area contributed by atoms with Crippen LogP contribution in [0.1, 0.15) is 32.6 Å². The molecular weight excluding hydrogens is 250 g/mol. The Kier molecular flexibility index (Phi) is 6.24. The number of aliphatic carboxylic acids is 1. The lowest BCUT2D eigenvalue weighted by Crippen LogP contribution is -2.46. The first-order valence-electron chi connectivity index (χ1n) is 6.61. The number of ether oxygens (including phenoxy) is 2. The molecule has 1 saturated carbocycles. The molecular formula is C13H23NO5. The second-order valence-corrected chi connectivity index (χ2v) is 5.09. The van der Waals surface area contributed by atoms with Crippen LogP contribution < -0.4 is 5.32 Å². The Morgan fingerprint density at radius 3 is 2.53 bits per heavy atom. The second kappa shape index (κ2) is 7.45. The molecule has 6 nitrogen and oxygen atoms in total. The fourth-order valence-corrected chi connectivity index (χ4v) is 1.57. The van der Waals surface area contributed by atoms with E-state index in [2.05, 4.69) is 5.32 Å². The van der Waals surface area contributed by atoms with E-state index in [9.17, 15) is 14.7 Å². The van der Waals surface area contributed by atoms with Crippen molar-refractivity contribution in [3.63, 3.8) is 0 Å². The van der Waals surface area contributed by atoms with Crippen LogP contribution in [0.4, 0.5) is 0 Å². The van der Waals surface area contributed by atoms with Gasteiger partial charge in [0.15, 0.2) is 0 Å². The number of carboxylic acid groups (broad SMARTS) is 1. The van der Waals surface area contributed by atoms with Gasteiger partial charge in [-0.15, -0.1) is 0 Å². The van der Waals surface area contributed by atoms with E-state index in [1.807, 2.05) is 0 Å². The van der Waals surface area contributed by atoms with E-state index in [1.54, 1.807) is 7.11 Å². The summed E-state index contributed by atoms with van der Waals surface area (Å²) in [7, 11) is 1.61. The Morgan fingerprint density at radius 1 is 1.32 bits per heavy atom. The minimum atomic E-state index is -1.41. The molecule has 0 bridgehead atoms. The van der Waals surface area contributed by atoms with Crippen molar-refractivity contribution in [2.75, 3.05) is 26.9 Å². The molecule has 1 unspecified atom stereocenters. The predicted molar refractivity (Wildman–Crippen MR) is 68.8 cm³/mol. The fraction of sp³-hybridized carbons (Fsp3) is 0.846. The van der Waals surface area contributed by atoms with Crippen molar-refractivity contribution in [3.05, 3.63) is 0 Å². The van der Waals surface area contributed by atoms with Gasteiger partial charge in [-0.05, 0) is 32.6 Å². The van der Waals surface area contributed by atoms with Crippen molar-refractivity contribution in [2.45, 2.75) is 38.6 Å². The average molecular weight is 273 g/mol. The van der Waals surface area contributed by atoms with Gasteiger partial charge in [0.2, 0.25) is 5.91 Å². The summed E-state index contributed by atoms with van der Waals surface area (Å²) in [6, 6.07) is 0.161. The lowest BCUT2D eigenvalue weighted by molar-refractivity contribution is -0.156. The SMILES string of the molecule is COCCCOCCC(C)(C(=O)O)C(=O)NC1CC1. The molecule has 110 valence electrons. The third-order valence-corrected chi connectivity index (χ3v) is 3.27. The highest BCUT2D eigenvalue weighted by Gasteiger charge is 2.42. The number of hydrogen-bond donors (Lipinski definition) is 2. The smallest absolute Gasteiger partial charge is 0.319 e. The van der Waals surface area contributed by atoms with Crippen LogP contribution in [0.5, 0.6) is 0 Å². The van der Waals surface area contributed by atoms with Gasteiger partial charge in [0.1, 0.15) is 5.41 Å². The Hall–Kier alpha value is -1.14. The molecule has 0 aromatic rings. The van der Waals surface area contributed by atoms with Gasteiger partial charge < -0.3 is 19.9 Å². The number of carbonyl (C=O) groups is 2. The number of amides is 1. The molecule has 2 N–H and O–H groups in total. The molecule has 6 heteroatoms. The normalized spacial score (nSPS) is 17.8. The van der Waals surface area contributed by atoms with Crippen molar-refractivity contribution >= 4 is 11.9 Å². The van der Waals surface area contributed by atoms with E-state index >= 15 is 0 Å². The van der Waals surface area contributed by atoms with E-state index in [4.69, 9.17) is 9.47 Å². The van der Waals surface area contributed by atoms with Crippen LogP contribution >= 0.6 is 0 Å². The van der Waals surface area contributed by atoms with Crippen molar-refractivity contribution in [2.24, 2.45) is 5.41 Å². The maximum atomic E-state index is 12.0. The summed E-state index contributed by atoms with van der Waals surface area (Å²) in [6.07, 6.45) is 2.81. The molecule has 0 heterocycles. The second-order valence-electron chi connectivity index (χ2n) is 5.09. The molecule has 0 saturated heterocycles. The van der Waals surface area contributed by atoms with Gasteiger partial charge in [-0.2, -0.15) is 0 Å². The van der Waals surface area contributed by atoms with Crippen LogP contribution in [0.15, 0.2) is 0 Å². The third-order valence-electron chi connectivity index (χ3n) is 3.27. The van der Waals surface area contributed by atoms with Gasteiger partial charge in [-0.3, -0.25) is 9.59 Å². The topological polar surface area (TPSA) is 84.9 Å². The molecule has 1 aliphatic rings. The van der Waals surface area contributed by atoms with Crippen molar-refractivity contribution < 1.29 is 24.2 Å². The molecule has 0 aromatic heterocycles. The van der Waals surface area contributed by atoms with Gasteiger partial charge in [-0.1, -0.05) is 0 Å². The Balaban J connectivity index is 2.33. The summed E-state index contributed by atoms with van der Waals surface area (Å²) in [5, 5.41) is 12.0. The summed E-state index contributed by atoms with van der Waals surface area (Å²) in [4.78, 5) is 23.3. The maximum Gasteiger partial charge on any atom is 0.319 e. The molecule has 0 spiro atoms. The number of nitrogens with one attached hydrogen (secondary N) is 1. The zero-order valence-corrected chi connectivity index (χ0v) is 11.6. The summed E-state index contributed by atoms with van der Waals surface area (Å²) >= 11 is 0. The van der Waals surface area contributed by atoms with E-state index in [1.165, 1.54) is 6.92 Å². The third kappa shape index (κ3) is 5.16. The minimum absolute atomic E-state index is 0.161. The summed E-state index contributed by atoms with van der Waals surface area (Å²) in [5.74, 6) is -1.52. The first-order chi connectivity index (χ1) is 9.00. The van der Waals surface area contributed by atoms with Gasteiger partial charge in [-0.25, -0.2) is 0 Å². The summed E-state index contributed by atoms with van der Waals surface area (Å²) in [6.45, 7) is 2.82. The van der Waals surface area contributed by atoms with Crippen LogP contribution in [0.25, 0.3) is 0 Å². The average Bonchev–Trinajstić information content (AvgIpc) is 3.16. The number of carbonyl (C=O) groups excluding carboxylic acids is 1. The van der Waals surface area contributed by atoms with Crippen molar-refractivity contribution in [1.29, 1.82) is 0 Å². The van der Waals surface area contributed by atoms with Crippen LogP contribution in [-0.4, -0.2) is 50.0 Å². The van der Waals surface area contributed by atoms with Gasteiger partial charge in [0.25, 0.3) is 0 Å². The van der Waals surface area contributed by atoms with Crippen LogP contribution in [0.3, 0.4) is 0 Å². The predicted octanol–water partition coefficient (Wildman–Crippen LogP) is 0.799. The Bertz CT molecular complexity index is 316. The van der Waals surface area contributed by atoms with Gasteiger partial charge in [0.05, 0.1) is 0 Å². The number of hydrogen-bond acceptors (Lipinski definition) is 4. The number of rotatable bonds is 10. The highest BCUT2D eigenvalue weighted by Crippen LogP contribution is 2.26. The zero-order valence-electron chi connectivity index (χ0n) is 11.6. The molecule has 0 radical (unpaired) electrons. The lowest BCUT2D eigenvalue weighted by atomic mass is 9.86. The quantitative estimate of drug-likeness (QED) is 0.454. The fourth-order valence-electron chi connectivity index (χ4n) is 1.57. The Morgan fingerprint density at radius 2 is 2.00 bits per heavy atom. The van der Waals surface area contributed by atoms with Crippen LogP contribution in [-0.2, 0) is 19.1 Å². The van der Waals surface area contributed by atoms with Crippen molar-refractivity contribution in [1.82, 2.24) is 5.32 Å². The largest absolute Gasteiger partial charge is 0.480 e. The Labute approximate surface area is 113 Å². The first-order valence-corrected chi connectivity index (χ1v) is 6.61. The van der Waals surface area contributed by atoms with Crippen LogP contribution in [0.2, 0.25) is 0 Å². The molecule has 1 atom stereocenters. The first kappa shape index (κ1) is 15.9. The zero-order chi connectivity index (χ0) is 14.3. The standard InChI is InChI=1S/C13H23NO5/c1-13(12(16)17,11(15)14-10-4-5-10)6-9-19-8-3-7-18-2/h10H,3-9H2,1-2H3,(H,14,15)(H,16,17). The summed E-state index contributed by atoms with van der Waals surface area (Å²) in [5.41, 5.74) is -1.41. The molecule has 1 fully saturated rings. The van der Waals surface area contributed by atoms with E-state index in [-0.39, 0.29) is 19.1 Å². The highest BCUT2D eigenvalue weighted by molar-refractivity contribution is 6.01. The van der Waals surface area contributed by atoms with Crippen LogP contribution in [0, 0.1) is 5.41 Å². The molecule has 0 aliphatic heterocycles.